The first kappa shape index (κ1) is 25.2. The van der Waals surface area contributed by atoms with Gasteiger partial charge in [-0.1, -0.05) is 91.0 Å². The molecule has 41 heavy (non-hydrogen) atoms. The third kappa shape index (κ3) is 4.87. The third-order valence-electron chi connectivity index (χ3n) is 7.47. The van der Waals surface area contributed by atoms with Gasteiger partial charge in [-0.2, -0.15) is 0 Å². The average Bonchev–Trinajstić information content (AvgIpc) is 3.48. The van der Waals surface area contributed by atoms with Gasteiger partial charge in [-0.15, -0.1) is 0 Å². The molecule has 5 nitrogen and oxygen atoms in total. The molecular formula is C35H26N2O3S. The van der Waals surface area contributed by atoms with Crippen molar-refractivity contribution >= 4 is 61.4 Å². The van der Waals surface area contributed by atoms with Crippen LogP contribution in [0.5, 0.6) is 5.75 Å². The molecule has 0 aliphatic carbocycles. The predicted molar refractivity (Wildman–Crippen MR) is 167 cm³/mol. The number of carbonyl (C=O) groups excluding carboxylic acids is 2. The first-order valence-electron chi connectivity index (χ1n) is 13.6. The zero-order chi connectivity index (χ0) is 27.8. The summed E-state index contributed by atoms with van der Waals surface area (Å²) in [5.74, 6) is 0.456. The number of ether oxygens (including phenoxy) is 1. The summed E-state index contributed by atoms with van der Waals surface area (Å²) in [6, 6.07) is 36.9. The van der Waals surface area contributed by atoms with Gasteiger partial charge >= 0.3 is 0 Å². The summed E-state index contributed by atoms with van der Waals surface area (Å²) in [6.45, 7) is 1.12. The van der Waals surface area contributed by atoms with E-state index in [-0.39, 0.29) is 24.3 Å². The molecule has 0 atom stereocenters. The lowest BCUT2D eigenvalue weighted by molar-refractivity contribution is -0.123. The van der Waals surface area contributed by atoms with Crippen molar-refractivity contribution in [3.63, 3.8) is 0 Å². The van der Waals surface area contributed by atoms with Crippen LogP contribution >= 0.6 is 11.8 Å². The summed E-state index contributed by atoms with van der Waals surface area (Å²) >= 11 is 0.982. The number of imide groups is 1. The van der Waals surface area contributed by atoms with E-state index in [2.05, 4.69) is 59.3 Å². The first-order chi connectivity index (χ1) is 20.1. The van der Waals surface area contributed by atoms with Crippen molar-refractivity contribution in [1.29, 1.82) is 0 Å². The molecule has 1 fully saturated rings. The van der Waals surface area contributed by atoms with Gasteiger partial charge in [0.15, 0.2) is 0 Å². The van der Waals surface area contributed by atoms with Gasteiger partial charge in [0.25, 0.3) is 11.1 Å². The van der Waals surface area contributed by atoms with E-state index >= 15 is 0 Å². The second-order valence-corrected chi connectivity index (χ2v) is 11.1. The van der Waals surface area contributed by atoms with Crippen LogP contribution in [0.1, 0.15) is 11.1 Å². The summed E-state index contributed by atoms with van der Waals surface area (Å²) in [4.78, 5) is 27.8. The highest BCUT2D eigenvalue weighted by Gasteiger charge is 2.35. The van der Waals surface area contributed by atoms with E-state index in [9.17, 15) is 9.59 Å². The molecule has 1 aliphatic rings. The van der Waals surface area contributed by atoms with Crippen molar-refractivity contribution in [2.24, 2.45) is 0 Å². The number of fused-ring (bicyclic) bond motifs is 3. The lowest BCUT2D eigenvalue weighted by Crippen LogP contribution is -2.32. The summed E-state index contributed by atoms with van der Waals surface area (Å²) in [5, 5.41) is 5.28. The van der Waals surface area contributed by atoms with Crippen LogP contribution in [-0.4, -0.2) is 33.8 Å². The monoisotopic (exact) mass is 554 g/mol. The van der Waals surface area contributed by atoms with Gasteiger partial charge in [-0.3, -0.25) is 14.5 Å². The van der Waals surface area contributed by atoms with E-state index < -0.39 is 0 Å². The van der Waals surface area contributed by atoms with Crippen molar-refractivity contribution in [1.82, 2.24) is 9.47 Å². The van der Waals surface area contributed by atoms with Crippen molar-refractivity contribution in [3.8, 4) is 5.75 Å². The van der Waals surface area contributed by atoms with Gasteiger partial charge in [0.1, 0.15) is 12.4 Å². The van der Waals surface area contributed by atoms with Crippen LogP contribution in [-0.2, 0) is 11.3 Å². The lowest BCUT2D eigenvalue weighted by atomic mass is 10.1. The maximum Gasteiger partial charge on any atom is 0.293 e. The van der Waals surface area contributed by atoms with Crippen molar-refractivity contribution < 1.29 is 14.3 Å². The molecule has 6 heteroatoms. The second kappa shape index (κ2) is 10.6. The molecular weight excluding hydrogens is 528 g/mol. The maximum absolute atomic E-state index is 13.3. The Bertz CT molecular complexity index is 1990. The Morgan fingerprint density at radius 2 is 1.46 bits per heavy atom. The molecule has 1 aliphatic heterocycles. The van der Waals surface area contributed by atoms with E-state index in [1.54, 1.807) is 0 Å². The smallest absolute Gasteiger partial charge is 0.293 e. The zero-order valence-electron chi connectivity index (χ0n) is 22.2. The fourth-order valence-corrected chi connectivity index (χ4v) is 6.31. The van der Waals surface area contributed by atoms with Gasteiger partial charge in [-0.05, 0) is 57.8 Å². The van der Waals surface area contributed by atoms with Gasteiger partial charge < -0.3 is 9.30 Å². The highest BCUT2D eigenvalue weighted by molar-refractivity contribution is 8.18. The number of aromatic nitrogens is 1. The molecule has 0 N–H and O–H groups in total. The lowest BCUT2D eigenvalue weighted by Gasteiger charge is -2.14. The Morgan fingerprint density at radius 3 is 2.34 bits per heavy atom. The topological polar surface area (TPSA) is 51.5 Å². The molecule has 0 saturated carbocycles. The van der Waals surface area contributed by atoms with Crippen molar-refractivity contribution in [3.05, 3.63) is 131 Å². The SMILES string of the molecule is O=C1S/C(=C\c2cn(Cc3ccc4ccccc4c3)c3ccccc23)C(=O)N1CCOc1cccc2ccccc12. The second-order valence-electron chi connectivity index (χ2n) is 10.1. The van der Waals surface area contributed by atoms with Crippen LogP contribution in [0.4, 0.5) is 4.79 Å². The molecule has 2 amide bonds. The summed E-state index contributed by atoms with van der Waals surface area (Å²) in [7, 11) is 0. The molecule has 1 aromatic heterocycles. The standard InChI is InChI=1S/C35H26N2O3S/c38-34-33(41-35(39)37(34)18-19-40-32-15-7-11-26-9-3-4-13-30(26)32)21-28-23-36(31-14-6-5-12-29(28)31)22-24-16-17-25-8-1-2-10-27(25)20-24/h1-17,20-21,23H,18-19,22H2/b33-21-. The van der Waals surface area contributed by atoms with Gasteiger partial charge in [0.05, 0.1) is 11.4 Å². The van der Waals surface area contributed by atoms with E-state index in [0.29, 0.717) is 11.4 Å². The fourth-order valence-electron chi connectivity index (χ4n) is 5.46. The highest BCUT2D eigenvalue weighted by Crippen LogP contribution is 2.34. The van der Waals surface area contributed by atoms with E-state index in [1.807, 2.05) is 66.7 Å². The third-order valence-corrected chi connectivity index (χ3v) is 8.38. The Kier molecular flexibility index (Phi) is 6.53. The molecule has 0 spiro atoms. The minimum atomic E-state index is -0.284. The number of para-hydroxylation sites is 1. The molecule has 2 heterocycles. The molecule has 200 valence electrons. The normalized spacial score (nSPS) is 14.6. The van der Waals surface area contributed by atoms with Crippen LogP contribution in [0.15, 0.2) is 120 Å². The Hall–Kier alpha value is -4.81. The highest BCUT2D eigenvalue weighted by atomic mass is 32.2. The number of benzene rings is 5. The Labute approximate surface area is 241 Å². The van der Waals surface area contributed by atoms with Crippen LogP contribution in [0.3, 0.4) is 0 Å². The quantitative estimate of drug-likeness (QED) is 0.187. The fraction of sp³-hybridized carbons (Fsp3) is 0.0857. The molecule has 5 aromatic carbocycles. The van der Waals surface area contributed by atoms with E-state index in [4.69, 9.17) is 4.74 Å². The van der Waals surface area contributed by atoms with Crippen molar-refractivity contribution in [2.75, 3.05) is 13.2 Å². The van der Waals surface area contributed by atoms with E-state index in [0.717, 1.165) is 44.8 Å². The molecule has 0 radical (unpaired) electrons. The first-order valence-corrected chi connectivity index (χ1v) is 14.4. The average molecular weight is 555 g/mol. The van der Waals surface area contributed by atoms with Gasteiger partial charge in [-0.25, -0.2) is 0 Å². The van der Waals surface area contributed by atoms with Crippen LogP contribution < -0.4 is 4.74 Å². The Morgan fingerprint density at radius 1 is 0.732 bits per heavy atom. The molecule has 0 unspecified atom stereocenters. The van der Waals surface area contributed by atoms with Crippen LogP contribution in [0.25, 0.3) is 38.5 Å². The molecule has 7 rings (SSSR count). The number of hydrogen-bond acceptors (Lipinski definition) is 4. The number of hydrogen-bond donors (Lipinski definition) is 0. The minimum absolute atomic E-state index is 0.189. The number of carbonyl (C=O) groups is 2. The number of amides is 2. The minimum Gasteiger partial charge on any atom is -0.491 e. The largest absolute Gasteiger partial charge is 0.491 e. The van der Waals surface area contributed by atoms with Gasteiger partial charge in [0, 0.05) is 34.6 Å². The van der Waals surface area contributed by atoms with Crippen LogP contribution in [0.2, 0.25) is 0 Å². The van der Waals surface area contributed by atoms with Crippen LogP contribution in [0, 0.1) is 0 Å². The van der Waals surface area contributed by atoms with Crippen molar-refractivity contribution in [2.45, 2.75) is 6.54 Å². The number of nitrogens with zero attached hydrogens (tertiary/aromatic N) is 2. The molecule has 6 aromatic rings. The molecule has 0 bridgehead atoms. The summed E-state index contributed by atoms with van der Waals surface area (Å²) < 4.78 is 8.20. The van der Waals surface area contributed by atoms with Gasteiger partial charge in [0.2, 0.25) is 0 Å². The zero-order valence-corrected chi connectivity index (χ0v) is 23.0. The predicted octanol–water partition coefficient (Wildman–Crippen LogP) is 8.11. The maximum atomic E-state index is 13.3. The molecule has 1 saturated heterocycles. The summed E-state index contributed by atoms with van der Waals surface area (Å²) in [5.41, 5.74) is 3.19. The summed E-state index contributed by atoms with van der Waals surface area (Å²) in [6.07, 6.45) is 3.91. The Balaban J connectivity index is 1.11. The number of rotatable bonds is 7. The number of thioether (sulfide) groups is 1. The van der Waals surface area contributed by atoms with E-state index in [1.165, 1.54) is 21.2 Å².